The van der Waals surface area contributed by atoms with Gasteiger partial charge in [0.2, 0.25) is 0 Å². The number of hydrogen-bond acceptors (Lipinski definition) is 3. The van der Waals surface area contributed by atoms with Gasteiger partial charge >= 0.3 is 0 Å². The second kappa shape index (κ2) is 13.2. The number of aromatic nitrogens is 3. The van der Waals surface area contributed by atoms with E-state index in [9.17, 15) is 0 Å². The van der Waals surface area contributed by atoms with E-state index in [-0.39, 0.29) is 0 Å². The highest BCUT2D eigenvalue weighted by Gasteiger charge is 2.51. The van der Waals surface area contributed by atoms with E-state index < -0.39 is 5.41 Å². The standard InChI is InChI=1S/C52H37N3/c1-3-17-34(4-2)49-53-50(55-51(54-49)40-31-38(35-18-7-5-8-19-35)30-39(32-40)36-20-9-6-10-21-36)37-28-29-44-43-24-13-16-27-47(43)52(48(44)33-37)45-25-14-11-22-41(45)42-23-12-15-26-46(42)52/h4-33H,2-3H2,1H3/b34-17+. The van der Waals surface area contributed by atoms with Crippen LogP contribution in [0.1, 0.15) is 41.4 Å². The normalized spacial score (nSPS) is 13.2. The van der Waals surface area contributed by atoms with Crippen molar-refractivity contribution < 1.29 is 0 Å². The topological polar surface area (TPSA) is 38.7 Å². The maximum absolute atomic E-state index is 5.31. The lowest BCUT2D eigenvalue weighted by molar-refractivity contribution is 0.794. The van der Waals surface area contributed by atoms with Crippen LogP contribution in [0.25, 0.3) is 72.9 Å². The van der Waals surface area contributed by atoms with Crippen LogP contribution in [-0.4, -0.2) is 15.0 Å². The fourth-order valence-corrected chi connectivity index (χ4v) is 8.83. The van der Waals surface area contributed by atoms with E-state index in [0.29, 0.717) is 17.5 Å². The van der Waals surface area contributed by atoms with Crippen molar-refractivity contribution >= 4 is 5.57 Å². The minimum Gasteiger partial charge on any atom is -0.208 e. The van der Waals surface area contributed by atoms with E-state index >= 15 is 0 Å². The van der Waals surface area contributed by atoms with Crippen molar-refractivity contribution in [2.45, 2.75) is 18.8 Å². The molecule has 0 saturated carbocycles. The Morgan fingerprint density at radius 1 is 0.455 bits per heavy atom. The molecule has 0 atom stereocenters. The molecule has 8 aromatic rings. The summed E-state index contributed by atoms with van der Waals surface area (Å²) in [6.45, 7) is 6.28. The number of hydrogen-bond donors (Lipinski definition) is 0. The Bertz CT molecular complexity index is 2690. The molecule has 7 aromatic carbocycles. The summed E-state index contributed by atoms with van der Waals surface area (Å²) in [4.78, 5) is 15.7. The lowest BCUT2D eigenvalue weighted by atomic mass is 9.70. The van der Waals surface area contributed by atoms with Gasteiger partial charge < -0.3 is 0 Å². The van der Waals surface area contributed by atoms with Gasteiger partial charge in [-0.2, -0.15) is 0 Å². The van der Waals surface area contributed by atoms with Gasteiger partial charge in [0.1, 0.15) is 0 Å². The monoisotopic (exact) mass is 703 g/mol. The SMILES string of the molecule is C=C/C(=C\CC)c1nc(-c2cc(-c3ccccc3)cc(-c3ccccc3)c2)nc(-c2ccc3c(c2)C2(c4ccccc4-c4ccccc42)c2ccccc2-3)n1. The molecule has 1 heterocycles. The van der Waals surface area contributed by atoms with Crippen LogP contribution in [0.5, 0.6) is 0 Å². The molecular weight excluding hydrogens is 667 g/mol. The molecule has 0 bridgehead atoms. The van der Waals surface area contributed by atoms with Gasteiger partial charge in [-0.1, -0.05) is 171 Å². The molecule has 1 aromatic heterocycles. The molecule has 55 heavy (non-hydrogen) atoms. The quantitative estimate of drug-likeness (QED) is 0.155. The molecule has 3 nitrogen and oxygen atoms in total. The highest BCUT2D eigenvalue weighted by atomic mass is 15.0. The zero-order chi connectivity index (χ0) is 36.9. The molecule has 3 heteroatoms. The lowest BCUT2D eigenvalue weighted by Gasteiger charge is -2.30. The Hall–Kier alpha value is -6.97. The molecule has 0 N–H and O–H groups in total. The Balaban J connectivity index is 1.22. The maximum atomic E-state index is 5.31. The molecule has 260 valence electrons. The zero-order valence-corrected chi connectivity index (χ0v) is 30.6. The fraction of sp³-hybridized carbons (Fsp3) is 0.0577. The van der Waals surface area contributed by atoms with Crippen LogP contribution in [-0.2, 0) is 5.41 Å². The summed E-state index contributed by atoms with van der Waals surface area (Å²) in [7, 11) is 0. The number of allylic oxidation sites excluding steroid dienone is 3. The molecule has 0 aliphatic heterocycles. The van der Waals surface area contributed by atoms with E-state index in [1.807, 2.05) is 6.08 Å². The molecule has 0 fully saturated rings. The van der Waals surface area contributed by atoms with Crippen LogP contribution in [0.3, 0.4) is 0 Å². The van der Waals surface area contributed by atoms with Gasteiger partial charge in [0.15, 0.2) is 17.5 Å². The van der Waals surface area contributed by atoms with Crippen LogP contribution < -0.4 is 0 Å². The second-order valence-electron chi connectivity index (χ2n) is 14.3. The van der Waals surface area contributed by atoms with Crippen LogP contribution in [0.2, 0.25) is 0 Å². The lowest BCUT2D eigenvalue weighted by Crippen LogP contribution is -2.25. The largest absolute Gasteiger partial charge is 0.208 e. The number of fused-ring (bicyclic) bond motifs is 10. The van der Waals surface area contributed by atoms with Gasteiger partial charge in [-0.3, -0.25) is 0 Å². The van der Waals surface area contributed by atoms with Gasteiger partial charge in [-0.15, -0.1) is 0 Å². The number of rotatable bonds is 7. The zero-order valence-electron chi connectivity index (χ0n) is 30.6. The minimum atomic E-state index is -0.462. The van der Waals surface area contributed by atoms with Crippen molar-refractivity contribution in [2.75, 3.05) is 0 Å². The average Bonchev–Trinajstić information content (AvgIpc) is 3.73. The first kappa shape index (κ1) is 32.7. The fourth-order valence-electron chi connectivity index (χ4n) is 8.83. The summed E-state index contributed by atoms with van der Waals surface area (Å²) >= 11 is 0. The van der Waals surface area contributed by atoms with Crippen molar-refractivity contribution in [1.29, 1.82) is 0 Å². The summed E-state index contributed by atoms with van der Waals surface area (Å²) < 4.78 is 0. The summed E-state index contributed by atoms with van der Waals surface area (Å²) in [5.74, 6) is 1.86. The molecule has 0 radical (unpaired) electrons. The number of benzene rings is 7. The Morgan fingerprint density at radius 3 is 1.42 bits per heavy atom. The Kier molecular flexibility index (Phi) is 7.81. The van der Waals surface area contributed by atoms with E-state index in [2.05, 4.69) is 189 Å². The summed E-state index contributed by atoms with van der Waals surface area (Å²) in [6.07, 6.45) is 4.81. The van der Waals surface area contributed by atoms with Crippen LogP contribution in [0, 0.1) is 0 Å². The predicted molar refractivity (Wildman–Crippen MR) is 226 cm³/mol. The van der Waals surface area contributed by atoms with Crippen molar-refractivity contribution in [2.24, 2.45) is 0 Å². The molecule has 0 amide bonds. The first-order chi connectivity index (χ1) is 27.2. The van der Waals surface area contributed by atoms with Gasteiger partial charge in [0, 0.05) is 16.7 Å². The van der Waals surface area contributed by atoms with Crippen molar-refractivity contribution in [3.63, 3.8) is 0 Å². The first-order valence-electron chi connectivity index (χ1n) is 19.0. The number of nitrogens with zero attached hydrogens (tertiary/aromatic N) is 3. The first-order valence-corrected chi connectivity index (χ1v) is 19.0. The van der Waals surface area contributed by atoms with Crippen LogP contribution >= 0.6 is 0 Å². The van der Waals surface area contributed by atoms with Gasteiger partial charge in [0.25, 0.3) is 0 Å². The maximum Gasteiger partial charge on any atom is 0.164 e. The summed E-state index contributed by atoms with van der Waals surface area (Å²) in [6, 6.07) is 61.1. The van der Waals surface area contributed by atoms with Gasteiger partial charge in [0.05, 0.1) is 5.41 Å². The third kappa shape index (κ3) is 5.15. The molecule has 2 aliphatic carbocycles. The van der Waals surface area contributed by atoms with E-state index in [1.165, 1.54) is 44.5 Å². The van der Waals surface area contributed by atoms with E-state index in [1.54, 1.807) is 0 Å². The third-order valence-corrected chi connectivity index (χ3v) is 11.2. The summed E-state index contributed by atoms with van der Waals surface area (Å²) in [5.41, 5.74) is 17.0. The Morgan fingerprint density at radius 2 is 0.909 bits per heavy atom. The highest BCUT2D eigenvalue weighted by molar-refractivity contribution is 5.95. The third-order valence-electron chi connectivity index (χ3n) is 11.2. The second-order valence-corrected chi connectivity index (χ2v) is 14.3. The van der Waals surface area contributed by atoms with Crippen molar-refractivity contribution in [3.8, 4) is 67.3 Å². The smallest absolute Gasteiger partial charge is 0.164 e. The molecule has 1 spiro atoms. The molecule has 2 aliphatic rings. The minimum absolute atomic E-state index is 0.462. The van der Waals surface area contributed by atoms with Crippen LogP contribution in [0.15, 0.2) is 189 Å². The van der Waals surface area contributed by atoms with E-state index in [4.69, 9.17) is 15.0 Å². The van der Waals surface area contributed by atoms with Crippen LogP contribution in [0.4, 0.5) is 0 Å². The Labute approximate surface area is 322 Å². The van der Waals surface area contributed by atoms with Gasteiger partial charge in [-0.05, 0) is 97.4 Å². The molecular formula is C52H37N3. The van der Waals surface area contributed by atoms with Gasteiger partial charge in [-0.25, -0.2) is 15.0 Å². The van der Waals surface area contributed by atoms with Crippen molar-refractivity contribution in [3.05, 3.63) is 217 Å². The highest BCUT2D eigenvalue weighted by Crippen LogP contribution is 2.63. The predicted octanol–water partition coefficient (Wildman–Crippen LogP) is 12.9. The van der Waals surface area contributed by atoms with Crippen molar-refractivity contribution in [1.82, 2.24) is 15.0 Å². The molecule has 0 unspecified atom stereocenters. The molecule has 10 rings (SSSR count). The van der Waals surface area contributed by atoms with E-state index in [0.717, 1.165) is 45.4 Å². The average molecular weight is 704 g/mol. The molecule has 0 saturated heterocycles. The summed E-state index contributed by atoms with van der Waals surface area (Å²) in [5, 5.41) is 0.